The second-order valence-corrected chi connectivity index (χ2v) is 7.59. The molecule has 0 aliphatic carbocycles. The number of allylic oxidation sites excluding steroid dienone is 3. The lowest BCUT2D eigenvalue weighted by Crippen LogP contribution is -2.23. The Kier molecular flexibility index (Phi) is 5.82. The lowest BCUT2D eigenvalue weighted by Gasteiger charge is -2.10. The minimum absolute atomic E-state index is 0.0180. The number of hydrogen-bond acceptors (Lipinski definition) is 7. The van der Waals surface area contributed by atoms with Gasteiger partial charge in [0, 0.05) is 17.1 Å². The molecule has 0 saturated heterocycles. The summed E-state index contributed by atoms with van der Waals surface area (Å²) in [6.07, 6.45) is 1.61. The molecule has 0 spiro atoms. The number of hydrogen-bond donors (Lipinski definition) is 1. The zero-order valence-corrected chi connectivity index (χ0v) is 15.9. The van der Waals surface area contributed by atoms with Gasteiger partial charge in [0.25, 0.3) is 5.56 Å². The third kappa shape index (κ3) is 3.67. The van der Waals surface area contributed by atoms with Crippen LogP contribution in [-0.4, -0.2) is 21.1 Å². The number of fused-ring (bicyclic) bond motifs is 1. The number of nitrogens with two attached hydrogens (primary N) is 1. The van der Waals surface area contributed by atoms with E-state index in [1.165, 1.54) is 22.8 Å². The van der Waals surface area contributed by atoms with Gasteiger partial charge in [-0.25, -0.2) is 4.98 Å². The van der Waals surface area contributed by atoms with Crippen molar-refractivity contribution in [3.8, 4) is 6.07 Å². The zero-order valence-electron chi connectivity index (χ0n) is 14.3. The number of carbonyl (C=O) groups is 1. The minimum Gasteiger partial charge on any atom is -0.401 e. The lowest BCUT2D eigenvalue weighted by molar-refractivity contribution is -0.112. The Morgan fingerprint density at radius 1 is 1.52 bits per heavy atom. The number of ketones is 1. The number of nitrogens with zero attached hydrogens (tertiary/aromatic N) is 3. The molecule has 0 saturated carbocycles. The summed E-state index contributed by atoms with van der Waals surface area (Å²) in [5.41, 5.74) is 6.46. The number of thioether (sulfide) groups is 1. The van der Waals surface area contributed by atoms with Gasteiger partial charge in [-0.05, 0) is 26.3 Å². The van der Waals surface area contributed by atoms with E-state index in [-0.39, 0.29) is 28.4 Å². The molecule has 0 aliphatic heterocycles. The van der Waals surface area contributed by atoms with Crippen molar-refractivity contribution in [1.29, 1.82) is 5.26 Å². The summed E-state index contributed by atoms with van der Waals surface area (Å²) in [6.45, 7) is 9.33. The Hall–Kier alpha value is -2.37. The van der Waals surface area contributed by atoms with E-state index in [0.717, 1.165) is 22.2 Å². The van der Waals surface area contributed by atoms with Crippen LogP contribution in [0.3, 0.4) is 0 Å². The molecule has 8 heteroatoms. The molecular formula is C17H18N4O2S2. The van der Waals surface area contributed by atoms with E-state index in [4.69, 9.17) is 11.0 Å². The lowest BCUT2D eigenvalue weighted by atomic mass is 10.2. The smallest absolute Gasteiger partial charge is 0.263 e. The molecule has 0 atom stereocenters. The van der Waals surface area contributed by atoms with Gasteiger partial charge in [-0.3, -0.25) is 14.2 Å². The van der Waals surface area contributed by atoms with Crippen molar-refractivity contribution in [1.82, 2.24) is 9.55 Å². The van der Waals surface area contributed by atoms with E-state index in [1.807, 2.05) is 19.9 Å². The van der Waals surface area contributed by atoms with Crippen LogP contribution in [0.1, 0.15) is 17.4 Å². The van der Waals surface area contributed by atoms with Crippen molar-refractivity contribution in [3.05, 3.63) is 44.7 Å². The molecule has 0 radical (unpaired) electrons. The molecular weight excluding hydrogens is 356 g/mol. The van der Waals surface area contributed by atoms with Gasteiger partial charge < -0.3 is 5.73 Å². The van der Waals surface area contributed by atoms with E-state index in [1.54, 1.807) is 6.08 Å². The fourth-order valence-corrected chi connectivity index (χ4v) is 4.23. The van der Waals surface area contributed by atoms with Crippen molar-refractivity contribution in [2.24, 2.45) is 5.73 Å². The van der Waals surface area contributed by atoms with Crippen molar-refractivity contribution in [3.63, 3.8) is 0 Å². The van der Waals surface area contributed by atoms with E-state index in [0.29, 0.717) is 21.9 Å². The fraction of sp³-hybridized carbons (Fsp3) is 0.294. The monoisotopic (exact) mass is 374 g/mol. The molecule has 0 fully saturated rings. The fourth-order valence-electron chi connectivity index (χ4n) is 2.28. The zero-order chi connectivity index (χ0) is 18.7. The standard InChI is InChI=1S/C17H18N4O2S2/c1-5-6-21-16(23)14-9(2)11(4)25-15(14)20-17(21)24-8-13(22)12(7-18)10(3)19/h5H,1,6,8,19H2,2-4H3. The van der Waals surface area contributed by atoms with Crippen molar-refractivity contribution in [2.75, 3.05) is 5.75 Å². The summed E-state index contributed by atoms with van der Waals surface area (Å²) < 4.78 is 1.50. The molecule has 2 rings (SSSR count). The molecule has 0 aliphatic rings. The van der Waals surface area contributed by atoms with Crippen LogP contribution in [0.15, 0.2) is 33.9 Å². The minimum atomic E-state index is -0.384. The summed E-state index contributed by atoms with van der Waals surface area (Å²) in [5, 5.41) is 10.1. The molecule has 0 amide bonds. The van der Waals surface area contributed by atoms with Crippen molar-refractivity contribution < 1.29 is 4.79 Å². The van der Waals surface area contributed by atoms with Gasteiger partial charge in [-0.15, -0.1) is 17.9 Å². The van der Waals surface area contributed by atoms with Gasteiger partial charge in [-0.2, -0.15) is 5.26 Å². The summed E-state index contributed by atoms with van der Waals surface area (Å²) in [7, 11) is 0. The number of aromatic nitrogens is 2. The third-order valence-corrected chi connectivity index (χ3v) is 5.76. The van der Waals surface area contributed by atoms with Crippen LogP contribution in [0.25, 0.3) is 10.2 Å². The highest BCUT2D eigenvalue weighted by Gasteiger charge is 2.18. The van der Waals surface area contributed by atoms with E-state index < -0.39 is 0 Å². The Morgan fingerprint density at radius 3 is 2.76 bits per heavy atom. The van der Waals surface area contributed by atoms with E-state index >= 15 is 0 Å². The van der Waals surface area contributed by atoms with Gasteiger partial charge in [0.1, 0.15) is 16.5 Å². The number of thiophene rings is 1. The summed E-state index contributed by atoms with van der Waals surface area (Å²) >= 11 is 2.57. The second-order valence-electron chi connectivity index (χ2n) is 5.44. The summed E-state index contributed by atoms with van der Waals surface area (Å²) in [4.78, 5) is 31.2. The van der Waals surface area contributed by atoms with Crippen LogP contribution < -0.4 is 11.3 Å². The van der Waals surface area contributed by atoms with E-state index in [2.05, 4.69) is 11.6 Å². The number of aryl methyl sites for hydroxylation is 2. The molecule has 6 nitrogen and oxygen atoms in total. The highest BCUT2D eigenvalue weighted by Crippen LogP contribution is 2.28. The van der Waals surface area contributed by atoms with Gasteiger partial charge in [-0.1, -0.05) is 17.8 Å². The molecule has 0 unspecified atom stereocenters. The highest BCUT2D eigenvalue weighted by molar-refractivity contribution is 7.99. The topological polar surface area (TPSA) is 102 Å². The van der Waals surface area contributed by atoms with Gasteiger partial charge >= 0.3 is 0 Å². The van der Waals surface area contributed by atoms with Crippen LogP contribution in [0, 0.1) is 25.2 Å². The van der Waals surface area contributed by atoms with Gasteiger partial charge in [0.15, 0.2) is 10.9 Å². The summed E-state index contributed by atoms with van der Waals surface area (Å²) in [6, 6.07) is 1.82. The van der Waals surface area contributed by atoms with Crippen LogP contribution >= 0.6 is 23.1 Å². The predicted molar refractivity (Wildman–Crippen MR) is 102 cm³/mol. The molecule has 0 bridgehead atoms. The quantitative estimate of drug-likeness (QED) is 0.274. The van der Waals surface area contributed by atoms with Crippen LogP contribution in [0.2, 0.25) is 0 Å². The SMILES string of the molecule is C=CCn1c(SCC(=O)C(C#N)=C(C)N)nc2sc(C)c(C)c2c1=O. The molecule has 0 aromatic carbocycles. The first-order valence-electron chi connectivity index (χ1n) is 7.45. The molecule has 2 N–H and O–H groups in total. The van der Waals surface area contributed by atoms with Crippen LogP contribution in [0.4, 0.5) is 0 Å². The Morgan fingerprint density at radius 2 is 2.20 bits per heavy atom. The Bertz CT molecular complexity index is 989. The van der Waals surface area contributed by atoms with Crippen molar-refractivity contribution >= 4 is 39.1 Å². The molecule has 2 heterocycles. The summed E-state index contributed by atoms with van der Waals surface area (Å²) in [5.74, 6) is -0.402. The Labute approximate surface area is 153 Å². The maximum atomic E-state index is 12.8. The average molecular weight is 374 g/mol. The van der Waals surface area contributed by atoms with Crippen molar-refractivity contribution in [2.45, 2.75) is 32.5 Å². The molecule has 130 valence electrons. The second kappa shape index (κ2) is 7.68. The first-order chi connectivity index (χ1) is 11.8. The normalized spacial score (nSPS) is 11.9. The maximum absolute atomic E-state index is 12.8. The predicted octanol–water partition coefficient (Wildman–Crippen LogP) is 2.68. The number of Topliss-reactive ketones (excluding diaryl/α,β-unsaturated/α-hetero) is 1. The van der Waals surface area contributed by atoms with Crippen LogP contribution in [-0.2, 0) is 11.3 Å². The van der Waals surface area contributed by atoms with E-state index in [9.17, 15) is 9.59 Å². The number of carbonyl (C=O) groups excluding carboxylic acids is 1. The maximum Gasteiger partial charge on any atom is 0.263 e. The number of nitriles is 1. The molecule has 2 aromatic heterocycles. The molecule has 25 heavy (non-hydrogen) atoms. The number of rotatable bonds is 6. The average Bonchev–Trinajstić information content (AvgIpc) is 2.83. The first-order valence-corrected chi connectivity index (χ1v) is 9.25. The van der Waals surface area contributed by atoms with Crippen LogP contribution in [0.5, 0.6) is 0 Å². The largest absolute Gasteiger partial charge is 0.401 e. The van der Waals surface area contributed by atoms with Gasteiger partial charge in [0.2, 0.25) is 0 Å². The first kappa shape index (κ1) is 19.0. The molecule has 2 aromatic rings. The van der Waals surface area contributed by atoms with Gasteiger partial charge in [0.05, 0.1) is 11.1 Å². The third-order valence-electron chi connectivity index (χ3n) is 3.68. The Balaban J connectivity index is 2.47. The highest BCUT2D eigenvalue weighted by atomic mass is 32.2.